The van der Waals surface area contributed by atoms with Crippen LogP contribution >= 0.6 is 0 Å². The Hall–Kier alpha value is -0.370. The van der Waals surface area contributed by atoms with Crippen LogP contribution in [0, 0.1) is 5.92 Å². The smallest absolute Gasteiger partial charge is 0.137 e. The summed E-state index contributed by atoms with van der Waals surface area (Å²) in [4.78, 5) is 11.9. The Balaban J connectivity index is 2.02. The van der Waals surface area contributed by atoms with Crippen molar-refractivity contribution < 1.29 is 4.79 Å². The zero-order valence-corrected chi connectivity index (χ0v) is 10.7. The van der Waals surface area contributed by atoms with Crippen molar-refractivity contribution in [3.8, 4) is 0 Å². The van der Waals surface area contributed by atoms with Gasteiger partial charge in [-0.05, 0) is 19.3 Å². The van der Waals surface area contributed by atoms with Gasteiger partial charge < -0.3 is 5.73 Å². The van der Waals surface area contributed by atoms with Crippen LogP contribution in [0.2, 0.25) is 0 Å². The standard InChI is InChI=1S/C14H27NO/c1-2-3-4-5-6-7-11-14(16)12-9-8-10-13(12)15/h12-13H,2-11,15H2,1H3. The quantitative estimate of drug-likeness (QED) is 0.643. The first-order chi connectivity index (χ1) is 7.75. The molecule has 16 heavy (non-hydrogen) atoms. The summed E-state index contributed by atoms with van der Waals surface area (Å²) in [7, 11) is 0. The van der Waals surface area contributed by atoms with Crippen molar-refractivity contribution in [1.82, 2.24) is 0 Å². The molecule has 2 atom stereocenters. The van der Waals surface area contributed by atoms with Gasteiger partial charge in [0.2, 0.25) is 0 Å². The number of unbranched alkanes of at least 4 members (excludes halogenated alkanes) is 5. The summed E-state index contributed by atoms with van der Waals surface area (Å²) in [6, 6.07) is 0.160. The summed E-state index contributed by atoms with van der Waals surface area (Å²) in [5.41, 5.74) is 5.93. The minimum atomic E-state index is 0.160. The molecule has 0 radical (unpaired) electrons. The molecule has 0 amide bonds. The van der Waals surface area contributed by atoms with E-state index in [1.54, 1.807) is 0 Å². The highest BCUT2D eigenvalue weighted by Gasteiger charge is 2.29. The normalized spacial score (nSPS) is 24.9. The lowest BCUT2D eigenvalue weighted by atomic mass is 9.94. The van der Waals surface area contributed by atoms with Gasteiger partial charge in [-0.3, -0.25) is 4.79 Å². The molecule has 1 aliphatic carbocycles. The Bertz CT molecular complexity index is 203. The lowest BCUT2D eigenvalue weighted by molar-refractivity contribution is -0.123. The van der Waals surface area contributed by atoms with Crippen LogP contribution in [0.5, 0.6) is 0 Å². The molecule has 1 saturated carbocycles. The number of hydrogen-bond acceptors (Lipinski definition) is 2. The maximum atomic E-state index is 11.9. The highest BCUT2D eigenvalue weighted by molar-refractivity contribution is 5.81. The van der Waals surface area contributed by atoms with Crippen molar-refractivity contribution in [3.63, 3.8) is 0 Å². The minimum absolute atomic E-state index is 0.160. The summed E-state index contributed by atoms with van der Waals surface area (Å²) >= 11 is 0. The van der Waals surface area contributed by atoms with Gasteiger partial charge in [-0.2, -0.15) is 0 Å². The first-order valence-electron chi connectivity index (χ1n) is 7.04. The average molecular weight is 225 g/mol. The minimum Gasteiger partial charge on any atom is -0.327 e. The summed E-state index contributed by atoms with van der Waals surface area (Å²) in [5.74, 6) is 0.621. The van der Waals surface area contributed by atoms with Crippen molar-refractivity contribution in [3.05, 3.63) is 0 Å². The average Bonchev–Trinajstić information content (AvgIpc) is 2.69. The van der Waals surface area contributed by atoms with E-state index in [0.717, 1.165) is 32.1 Å². The molecule has 0 aromatic carbocycles. The van der Waals surface area contributed by atoms with Crippen LogP contribution in [0.3, 0.4) is 0 Å². The summed E-state index contributed by atoms with van der Waals surface area (Å²) in [6.45, 7) is 2.23. The number of Topliss-reactive ketones (excluding diaryl/α,β-unsaturated/α-hetero) is 1. The molecule has 94 valence electrons. The predicted molar refractivity (Wildman–Crippen MR) is 68.3 cm³/mol. The number of rotatable bonds is 8. The number of nitrogens with two attached hydrogens (primary N) is 1. The second-order valence-electron chi connectivity index (χ2n) is 5.19. The second-order valence-corrected chi connectivity index (χ2v) is 5.19. The van der Waals surface area contributed by atoms with Crippen LogP contribution in [-0.2, 0) is 4.79 Å². The van der Waals surface area contributed by atoms with E-state index in [1.807, 2.05) is 0 Å². The van der Waals surface area contributed by atoms with Gasteiger partial charge in [-0.1, -0.05) is 45.4 Å². The van der Waals surface area contributed by atoms with E-state index in [0.29, 0.717) is 5.78 Å². The fourth-order valence-corrected chi connectivity index (χ4v) is 2.65. The molecule has 1 fully saturated rings. The molecule has 2 nitrogen and oxygen atoms in total. The number of hydrogen-bond donors (Lipinski definition) is 1. The van der Waals surface area contributed by atoms with Crippen molar-refractivity contribution in [2.24, 2.45) is 11.7 Å². The van der Waals surface area contributed by atoms with Gasteiger partial charge in [0.25, 0.3) is 0 Å². The molecule has 0 heterocycles. The third-order valence-corrected chi connectivity index (χ3v) is 3.76. The number of carbonyl (C=O) groups excluding carboxylic acids is 1. The second kappa shape index (κ2) is 7.83. The van der Waals surface area contributed by atoms with Gasteiger partial charge in [-0.15, -0.1) is 0 Å². The highest BCUT2D eigenvalue weighted by Crippen LogP contribution is 2.26. The topological polar surface area (TPSA) is 43.1 Å². The van der Waals surface area contributed by atoms with E-state index in [1.165, 1.54) is 32.1 Å². The maximum Gasteiger partial charge on any atom is 0.137 e. The molecular weight excluding hydrogens is 198 g/mol. The van der Waals surface area contributed by atoms with Crippen LogP contribution < -0.4 is 5.73 Å². The SMILES string of the molecule is CCCCCCCCC(=O)C1CCCC1N. The van der Waals surface area contributed by atoms with Crippen molar-refractivity contribution in [2.45, 2.75) is 77.2 Å². The van der Waals surface area contributed by atoms with Gasteiger partial charge in [-0.25, -0.2) is 0 Å². The molecule has 0 saturated heterocycles. The van der Waals surface area contributed by atoms with Crippen molar-refractivity contribution in [1.29, 1.82) is 0 Å². The predicted octanol–water partition coefficient (Wildman–Crippen LogP) is 3.43. The lowest BCUT2D eigenvalue weighted by Gasteiger charge is -2.13. The molecule has 0 aliphatic heterocycles. The fraction of sp³-hybridized carbons (Fsp3) is 0.929. The molecule has 0 aromatic heterocycles. The Morgan fingerprint density at radius 2 is 1.81 bits per heavy atom. The van der Waals surface area contributed by atoms with E-state index >= 15 is 0 Å². The maximum absolute atomic E-state index is 11.9. The van der Waals surface area contributed by atoms with Crippen LogP contribution in [0.25, 0.3) is 0 Å². The molecule has 2 unspecified atom stereocenters. The van der Waals surface area contributed by atoms with Crippen LogP contribution in [0.1, 0.15) is 71.1 Å². The number of ketones is 1. The van der Waals surface area contributed by atoms with E-state index < -0.39 is 0 Å². The van der Waals surface area contributed by atoms with Gasteiger partial charge in [0, 0.05) is 18.4 Å². The van der Waals surface area contributed by atoms with Crippen LogP contribution in [-0.4, -0.2) is 11.8 Å². The first kappa shape index (κ1) is 13.7. The van der Waals surface area contributed by atoms with Gasteiger partial charge in [0.1, 0.15) is 5.78 Å². The molecule has 1 rings (SSSR count). The fourth-order valence-electron chi connectivity index (χ4n) is 2.65. The monoisotopic (exact) mass is 225 g/mol. The van der Waals surface area contributed by atoms with Crippen LogP contribution in [0.4, 0.5) is 0 Å². The molecule has 0 spiro atoms. The van der Waals surface area contributed by atoms with E-state index in [-0.39, 0.29) is 12.0 Å². The van der Waals surface area contributed by atoms with E-state index in [9.17, 15) is 4.79 Å². The van der Waals surface area contributed by atoms with E-state index in [2.05, 4.69) is 6.92 Å². The Morgan fingerprint density at radius 1 is 1.12 bits per heavy atom. The summed E-state index contributed by atoms with van der Waals surface area (Å²) < 4.78 is 0. The Labute approximate surface area is 100.0 Å². The summed E-state index contributed by atoms with van der Waals surface area (Å²) in [6.07, 6.45) is 11.5. The number of carbonyl (C=O) groups is 1. The zero-order valence-electron chi connectivity index (χ0n) is 10.7. The third-order valence-electron chi connectivity index (χ3n) is 3.76. The molecule has 0 bridgehead atoms. The molecule has 0 aromatic rings. The molecule has 2 N–H and O–H groups in total. The molecule has 1 aliphatic rings. The third kappa shape index (κ3) is 4.65. The summed E-state index contributed by atoms with van der Waals surface area (Å²) in [5, 5.41) is 0. The van der Waals surface area contributed by atoms with E-state index in [4.69, 9.17) is 5.73 Å². The first-order valence-corrected chi connectivity index (χ1v) is 7.04. The lowest BCUT2D eigenvalue weighted by Crippen LogP contribution is -2.30. The Kier molecular flexibility index (Phi) is 6.70. The van der Waals surface area contributed by atoms with Gasteiger partial charge >= 0.3 is 0 Å². The highest BCUT2D eigenvalue weighted by atomic mass is 16.1. The van der Waals surface area contributed by atoms with Gasteiger partial charge in [0.05, 0.1) is 0 Å². The molecule has 2 heteroatoms. The van der Waals surface area contributed by atoms with Crippen molar-refractivity contribution in [2.75, 3.05) is 0 Å². The van der Waals surface area contributed by atoms with Crippen molar-refractivity contribution >= 4 is 5.78 Å². The van der Waals surface area contributed by atoms with Crippen LogP contribution in [0.15, 0.2) is 0 Å². The molecular formula is C14H27NO. The Morgan fingerprint density at radius 3 is 2.44 bits per heavy atom. The largest absolute Gasteiger partial charge is 0.327 e. The van der Waals surface area contributed by atoms with Gasteiger partial charge in [0.15, 0.2) is 0 Å². The zero-order chi connectivity index (χ0) is 11.8.